The van der Waals surface area contributed by atoms with Crippen LogP contribution in [0.4, 0.5) is 0 Å². The van der Waals surface area contributed by atoms with Crippen molar-refractivity contribution >= 4 is 23.1 Å². The van der Waals surface area contributed by atoms with E-state index in [1.165, 1.54) is 18.3 Å². The molecule has 0 aliphatic carbocycles. The predicted molar refractivity (Wildman–Crippen MR) is 49.9 cm³/mol. The fraction of sp³-hybridized carbons (Fsp3) is 0.167. The zero-order valence-electron chi connectivity index (χ0n) is 6.70. The maximum absolute atomic E-state index is 11.3. The van der Waals surface area contributed by atoms with Crippen LogP contribution in [0.5, 0.6) is 0 Å². The molecule has 0 unspecified atom stereocenters. The van der Waals surface area contributed by atoms with Crippen LogP contribution in [0, 0.1) is 0 Å². The first-order valence-electron chi connectivity index (χ1n) is 3.46. The Morgan fingerprint density at radius 1 is 1.46 bits per heavy atom. The Bertz CT molecular complexity index is 551. The van der Waals surface area contributed by atoms with Crippen molar-refractivity contribution in [2.24, 2.45) is 0 Å². The molecule has 2 aromatic rings. The van der Waals surface area contributed by atoms with E-state index in [1.54, 1.807) is 3.97 Å². The summed E-state index contributed by atoms with van der Waals surface area (Å²) in [5, 5.41) is 0. The van der Waals surface area contributed by atoms with Crippen LogP contribution < -0.4 is 11.2 Å². The van der Waals surface area contributed by atoms with Gasteiger partial charge in [-0.3, -0.25) is 18.7 Å². The fourth-order valence-corrected chi connectivity index (χ4v) is 1.57. The van der Waals surface area contributed by atoms with Gasteiger partial charge < -0.3 is 0 Å². The van der Waals surface area contributed by atoms with E-state index >= 15 is 0 Å². The van der Waals surface area contributed by atoms with Gasteiger partial charge in [0, 0.05) is 6.26 Å². The largest absolute Gasteiger partial charge is 0.327 e. The topological polar surface area (TPSA) is 83.5 Å². The average Bonchev–Trinajstić information content (AvgIpc) is 2.47. The molecule has 68 valence electrons. The highest BCUT2D eigenvalue weighted by molar-refractivity contribution is 7.97. The second-order valence-corrected chi connectivity index (χ2v) is 3.12. The minimum absolute atomic E-state index is 0.308. The second kappa shape index (κ2) is 2.77. The van der Waals surface area contributed by atoms with E-state index in [-0.39, 0.29) is 0 Å². The van der Waals surface area contributed by atoms with Crippen molar-refractivity contribution in [2.45, 2.75) is 0 Å². The number of H-pyrrole nitrogens is 2. The molecule has 0 radical (unpaired) electrons. The lowest BCUT2D eigenvalue weighted by molar-refractivity contribution is 1.07. The normalized spacial score (nSPS) is 10.8. The lowest BCUT2D eigenvalue weighted by Gasteiger charge is -1.93. The van der Waals surface area contributed by atoms with Gasteiger partial charge in [-0.2, -0.15) is 0 Å². The number of aromatic nitrogens is 4. The van der Waals surface area contributed by atoms with Crippen molar-refractivity contribution in [3.05, 3.63) is 27.2 Å². The first-order valence-corrected chi connectivity index (χ1v) is 4.64. The Morgan fingerprint density at radius 2 is 2.23 bits per heavy atom. The first kappa shape index (κ1) is 8.11. The number of nitrogens with one attached hydrogen (secondary N) is 2. The van der Waals surface area contributed by atoms with Crippen molar-refractivity contribution in [3.8, 4) is 0 Å². The Labute approximate surface area is 76.1 Å². The third kappa shape index (κ3) is 1.17. The van der Waals surface area contributed by atoms with Gasteiger partial charge in [0.2, 0.25) is 0 Å². The molecule has 0 amide bonds. The van der Waals surface area contributed by atoms with Crippen LogP contribution in [0.1, 0.15) is 0 Å². The Hall–Kier alpha value is -1.50. The molecule has 0 saturated heterocycles. The van der Waals surface area contributed by atoms with E-state index in [0.29, 0.717) is 11.2 Å². The van der Waals surface area contributed by atoms with E-state index in [0.717, 1.165) is 0 Å². The van der Waals surface area contributed by atoms with Crippen LogP contribution in [-0.4, -0.2) is 25.2 Å². The lowest BCUT2D eigenvalue weighted by Crippen LogP contribution is -2.22. The summed E-state index contributed by atoms with van der Waals surface area (Å²) in [6, 6.07) is 0. The third-order valence-corrected chi connectivity index (χ3v) is 2.28. The Kier molecular flexibility index (Phi) is 1.73. The van der Waals surface area contributed by atoms with Crippen molar-refractivity contribution in [2.75, 3.05) is 6.26 Å². The van der Waals surface area contributed by atoms with E-state index in [2.05, 4.69) is 15.0 Å². The molecule has 2 rings (SSSR count). The second-order valence-electron chi connectivity index (χ2n) is 2.36. The predicted octanol–water partition coefficient (Wildman–Crippen LogP) is -0.461. The summed E-state index contributed by atoms with van der Waals surface area (Å²) in [5.41, 5.74) is -0.287. The van der Waals surface area contributed by atoms with Crippen molar-refractivity contribution in [1.29, 1.82) is 0 Å². The van der Waals surface area contributed by atoms with Crippen molar-refractivity contribution in [1.82, 2.24) is 18.9 Å². The molecule has 2 N–H and O–H groups in total. The van der Waals surface area contributed by atoms with Gasteiger partial charge >= 0.3 is 5.69 Å². The monoisotopic (exact) mass is 198 g/mol. The molecule has 0 aliphatic rings. The minimum atomic E-state index is -0.538. The van der Waals surface area contributed by atoms with Gasteiger partial charge in [0.15, 0.2) is 11.2 Å². The molecular formula is C6H6N4O2S. The standard InChI is InChI=1S/C6H6N4O2S/c1-13-10-2-7-4-3(10)5(11)9-6(12)8-4/h2H,1H3,(H2,8,9,11,12). The van der Waals surface area contributed by atoms with Gasteiger partial charge in [-0.1, -0.05) is 0 Å². The number of fused-ring (bicyclic) bond motifs is 1. The first-order chi connectivity index (χ1) is 6.22. The number of hydrogen-bond donors (Lipinski definition) is 2. The molecule has 0 spiro atoms. The summed E-state index contributed by atoms with van der Waals surface area (Å²) in [6.07, 6.45) is 3.30. The zero-order valence-corrected chi connectivity index (χ0v) is 7.51. The van der Waals surface area contributed by atoms with Gasteiger partial charge in [0.25, 0.3) is 5.56 Å². The zero-order chi connectivity index (χ0) is 9.42. The van der Waals surface area contributed by atoms with E-state index in [1.807, 2.05) is 6.26 Å². The summed E-state index contributed by atoms with van der Waals surface area (Å²) in [7, 11) is 0. The number of aromatic amines is 2. The van der Waals surface area contributed by atoms with Crippen LogP contribution in [-0.2, 0) is 0 Å². The number of imidazole rings is 1. The molecule has 0 saturated carbocycles. The lowest BCUT2D eigenvalue weighted by atomic mass is 10.5. The summed E-state index contributed by atoms with van der Waals surface area (Å²) in [6.45, 7) is 0. The van der Waals surface area contributed by atoms with Crippen molar-refractivity contribution in [3.63, 3.8) is 0 Å². The van der Waals surface area contributed by atoms with E-state index in [4.69, 9.17) is 0 Å². The fourth-order valence-electron chi connectivity index (χ4n) is 1.07. The molecular weight excluding hydrogens is 192 g/mol. The van der Waals surface area contributed by atoms with Gasteiger partial charge in [-0.05, 0) is 11.9 Å². The van der Waals surface area contributed by atoms with Crippen LogP contribution in [0.2, 0.25) is 0 Å². The molecule has 6 nitrogen and oxygen atoms in total. The van der Waals surface area contributed by atoms with Gasteiger partial charge in [-0.15, -0.1) is 0 Å². The highest BCUT2D eigenvalue weighted by Crippen LogP contribution is 2.08. The maximum atomic E-state index is 11.3. The van der Waals surface area contributed by atoms with E-state index in [9.17, 15) is 9.59 Å². The summed E-state index contributed by atoms with van der Waals surface area (Å²) >= 11 is 1.34. The van der Waals surface area contributed by atoms with Crippen LogP contribution in [0.25, 0.3) is 11.2 Å². The van der Waals surface area contributed by atoms with Crippen LogP contribution >= 0.6 is 11.9 Å². The highest BCUT2D eigenvalue weighted by atomic mass is 32.2. The molecule has 2 heterocycles. The number of rotatable bonds is 1. The van der Waals surface area contributed by atoms with Gasteiger partial charge in [0.1, 0.15) is 6.33 Å². The molecule has 2 aromatic heterocycles. The third-order valence-electron chi connectivity index (χ3n) is 1.61. The molecule has 7 heteroatoms. The summed E-state index contributed by atoms with van der Waals surface area (Å²) < 4.78 is 1.59. The van der Waals surface area contributed by atoms with Crippen molar-refractivity contribution < 1.29 is 0 Å². The molecule has 0 fully saturated rings. The maximum Gasteiger partial charge on any atom is 0.327 e. The molecule has 0 bridgehead atoms. The highest BCUT2D eigenvalue weighted by Gasteiger charge is 2.06. The summed E-state index contributed by atoms with van der Waals surface area (Å²) in [4.78, 5) is 30.6. The quantitative estimate of drug-likeness (QED) is 0.649. The average molecular weight is 198 g/mol. The summed E-state index contributed by atoms with van der Waals surface area (Å²) in [5.74, 6) is 0. The van der Waals surface area contributed by atoms with Crippen LogP contribution in [0.3, 0.4) is 0 Å². The Balaban J connectivity index is 2.99. The minimum Gasteiger partial charge on any atom is -0.290 e. The van der Waals surface area contributed by atoms with Gasteiger partial charge in [-0.25, -0.2) is 9.78 Å². The van der Waals surface area contributed by atoms with Crippen LogP contribution in [0.15, 0.2) is 15.9 Å². The van der Waals surface area contributed by atoms with E-state index < -0.39 is 11.2 Å². The molecule has 13 heavy (non-hydrogen) atoms. The molecule has 0 aromatic carbocycles. The molecule has 0 aliphatic heterocycles. The number of hydrogen-bond acceptors (Lipinski definition) is 4. The number of nitrogens with zero attached hydrogens (tertiary/aromatic N) is 2. The smallest absolute Gasteiger partial charge is 0.290 e. The van der Waals surface area contributed by atoms with Gasteiger partial charge in [0.05, 0.1) is 0 Å². The molecule has 0 atom stereocenters. The Morgan fingerprint density at radius 3 is 2.92 bits per heavy atom. The SMILES string of the molecule is CSn1cnc2[nH]c(=O)[nH]c(=O)c21.